The van der Waals surface area contributed by atoms with Gasteiger partial charge < -0.3 is 14.5 Å². The van der Waals surface area contributed by atoms with Gasteiger partial charge in [0.15, 0.2) is 0 Å². The molecule has 2 heterocycles. The second kappa shape index (κ2) is 7.77. The minimum atomic E-state index is -0.444. The van der Waals surface area contributed by atoms with E-state index in [0.717, 1.165) is 32.5 Å². The molecule has 0 radical (unpaired) electrons. The van der Waals surface area contributed by atoms with Crippen molar-refractivity contribution < 1.29 is 9.53 Å². The fraction of sp³-hybridized carbons (Fsp3) is 0.667. The Labute approximate surface area is 139 Å². The number of pyridine rings is 1. The predicted molar refractivity (Wildman–Crippen MR) is 91.2 cm³/mol. The number of rotatable bonds is 4. The number of carbonyl (C=O) groups is 1. The first-order valence-electron chi connectivity index (χ1n) is 8.42. The highest BCUT2D eigenvalue weighted by atomic mass is 16.6. The standard InChI is InChI=1S/C18H29N3O2/c1-18(2,3)23-17(22)21-11-6-5-9-16(21)14-20(4)13-15-8-7-10-19-12-15/h7-8,10,12,16H,5-6,9,11,13-14H2,1-4H3/t16-/m0/s1. The molecule has 0 saturated carbocycles. The zero-order valence-corrected chi connectivity index (χ0v) is 14.8. The Bertz CT molecular complexity index is 499. The normalized spacial score (nSPS) is 19.0. The van der Waals surface area contributed by atoms with E-state index >= 15 is 0 Å². The number of piperidine rings is 1. The van der Waals surface area contributed by atoms with Crippen LogP contribution in [0.1, 0.15) is 45.6 Å². The van der Waals surface area contributed by atoms with Crippen LogP contribution in [0.25, 0.3) is 0 Å². The molecule has 0 spiro atoms. The van der Waals surface area contributed by atoms with Crippen LogP contribution in [0.4, 0.5) is 4.79 Å². The molecule has 1 aliphatic heterocycles. The quantitative estimate of drug-likeness (QED) is 0.854. The van der Waals surface area contributed by atoms with Gasteiger partial charge in [0.05, 0.1) is 0 Å². The van der Waals surface area contributed by atoms with Crippen LogP contribution in [0.3, 0.4) is 0 Å². The van der Waals surface area contributed by atoms with Crippen molar-refractivity contribution >= 4 is 6.09 Å². The van der Waals surface area contributed by atoms with E-state index < -0.39 is 5.60 Å². The van der Waals surface area contributed by atoms with Crippen LogP contribution in [-0.4, -0.2) is 52.7 Å². The van der Waals surface area contributed by atoms with Crippen LogP contribution in [-0.2, 0) is 11.3 Å². The maximum absolute atomic E-state index is 12.4. The number of likely N-dealkylation sites (N-methyl/N-ethyl adjacent to an activating group) is 1. The third-order valence-corrected chi connectivity index (χ3v) is 3.95. The summed E-state index contributed by atoms with van der Waals surface area (Å²) < 4.78 is 5.57. The molecule has 1 atom stereocenters. The summed E-state index contributed by atoms with van der Waals surface area (Å²) >= 11 is 0. The lowest BCUT2D eigenvalue weighted by molar-refractivity contribution is 0.00586. The minimum absolute atomic E-state index is 0.183. The molecule has 0 N–H and O–H groups in total. The average molecular weight is 319 g/mol. The first-order valence-corrected chi connectivity index (χ1v) is 8.42. The highest BCUT2D eigenvalue weighted by molar-refractivity contribution is 5.68. The van der Waals surface area contributed by atoms with Gasteiger partial charge in [-0.25, -0.2) is 4.79 Å². The first kappa shape index (κ1) is 17.7. The molecule has 1 amide bonds. The number of likely N-dealkylation sites (tertiary alicyclic amines) is 1. The lowest BCUT2D eigenvalue weighted by Crippen LogP contribution is -2.50. The molecule has 0 unspecified atom stereocenters. The SMILES string of the molecule is CN(Cc1cccnc1)C[C@@H]1CCCCN1C(=O)OC(C)(C)C. The van der Waals surface area contributed by atoms with Crippen LogP contribution in [0.2, 0.25) is 0 Å². The van der Waals surface area contributed by atoms with Crippen LogP contribution < -0.4 is 0 Å². The molecule has 0 bridgehead atoms. The highest BCUT2D eigenvalue weighted by Gasteiger charge is 2.30. The molecular weight excluding hydrogens is 290 g/mol. The van der Waals surface area contributed by atoms with Gasteiger partial charge in [0.25, 0.3) is 0 Å². The third-order valence-electron chi connectivity index (χ3n) is 3.95. The van der Waals surface area contributed by atoms with Gasteiger partial charge in [-0.15, -0.1) is 0 Å². The molecule has 1 aromatic heterocycles. The monoisotopic (exact) mass is 319 g/mol. The van der Waals surface area contributed by atoms with Gasteiger partial charge in [0.1, 0.15) is 5.60 Å². The number of carbonyl (C=O) groups excluding carboxylic acids is 1. The molecule has 0 aliphatic carbocycles. The van der Waals surface area contributed by atoms with E-state index in [4.69, 9.17) is 4.74 Å². The molecule has 5 nitrogen and oxygen atoms in total. The maximum atomic E-state index is 12.4. The summed E-state index contributed by atoms with van der Waals surface area (Å²) in [4.78, 5) is 20.8. The molecule has 1 aromatic rings. The van der Waals surface area contributed by atoms with Gasteiger partial charge >= 0.3 is 6.09 Å². The highest BCUT2D eigenvalue weighted by Crippen LogP contribution is 2.21. The third kappa shape index (κ3) is 5.82. The molecule has 2 rings (SSSR count). The fourth-order valence-electron chi connectivity index (χ4n) is 2.98. The second-order valence-corrected chi connectivity index (χ2v) is 7.38. The van der Waals surface area contributed by atoms with Gasteiger partial charge in [-0.3, -0.25) is 4.98 Å². The Hall–Kier alpha value is -1.62. The fourth-order valence-corrected chi connectivity index (χ4v) is 2.98. The van der Waals surface area contributed by atoms with Crippen LogP contribution in [0.15, 0.2) is 24.5 Å². The summed E-state index contributed by atoms with van der Waals surface area (Å²) in [5.41, 5.74) is 0.746. The van der Waals surface area contributed by atoms with Crippen molar-refractivity contribution in [1.29, 1.82) is 0 Å². The topological polar surface area (TPSA) is 45.7 Å². The lowest BCUT2D eigenvalue weighted by Gasteiger charge is -2.38. The van der Waals surface area contributed by atoms with Gasteiger partial charge in [-0.2, -0.15) is 0 Å². The number of nitrogens with zero attached hydrogens (tertiary/aromatic N) is 3. The Morgan fingerprint density at radius 2 is 2.22 bits per heavy atom. The van der Waals surface area contributed by atoms with Crippen molar-refractivity contribution in [3.63, 3.8) is 0 Å². The van der Waals surface area contributed by atoms with Crippen molar-refractivity contribution in [3.8, 4) is 0 Å². The van der Waals surface area contributed by atoms with Gasteiger partial charge in [-0.1, -0.05) is 6.07 Å². The predicted octanol–water partition coefficient (Wildman–Crippen LogP) is 3.30. The van der Waals surface area contributed by atoms with Crippen LogP contribution >= 0.6 is 0 Å². The van der Waals surface area contributed by atoms with Crippen molar-refractivity contribution in [2.45, 2.75) is 58.2 Å². The van der Waals surface area contributed by atoms with E-state index in [1.807, 2.05) is 37.9 Å². The summed E-state index contributed by atoms with van der Waals surface area (Å²) in [7, 11) is 2.09. The Balaban J connectivity index is 1.94. The van der Waals surface area contributed by atoms with Crippen molar-refractivity contribution in [2.24, 2.45) is 0 Å². The number of hydrogen-bond acceptors (Lipinski definition) is 4. The lowest BCUT2D eigenvalue weighted by atomic mass is 10.0. The van der Waals surface area contributed by atoms with Gasteiger partial charge in [0.2, 0.25) is 0 Å². The maximum Gasteiger partial charge on any atom is 0.410 e. The number of hydrogen-bond donors (Lipinski definition) is 0. The van der Waals surface area contributed by atoms with E-state index in [2.05, 4.69) is 23.0 Å². The van der Waals surface area contributed by atoms with Crippen LogP contribution in [0, 0.1) is 0 Å². The molecule has 23 heavy (non-hydrogen) atoms. The summed E-state index contributed by atoms with van der Waals surface area (Å²) in [5.74, 6) is 0. The molecule has 1 fully saturated rings. The van der Waals surface area contributed by atoms with E-state index in [9.17, 15) is 4.79 Å². The first-order chi connectivity index (χ1) is 10.8. The summed E-state index contributed by atoms with van der Waals surface area (Å²) in [5, 5.41) is 0. The smallest absolute Gasteiger partial charge is 0.410 e. The molecule has 0 aromatic carbocycles. The Morgan fingerprint density at radius 1 is 1.43 bits per heavy atom. The molecular formula is C18H29N3O2. The zero-order valence-electron chi connectivity index (χ0n) is 14.8. The average Bonchev–Trinajstić information content (AvgIpc) is 2.47. The van der Waals surface area contributed by atoms with Gasteiger partial charge in [-0.05, 0) is 58.7 Å². The number of aromatic nitrogens is 1. The number of amides is 1. The second-order valence-electron chi connectivity index (χ2n) is 7.38. The molecule has 128 valence electrons. The van der Waals surface area contributed by atoms with E-state index in [-0.39, 0.29) is 12.1 Å². The minimum Gasteiger partial charge on any atom is -0.444 e. The molecule has 1 aliphatic rings. The summed E-state index contributed by atoms with van der Waals surface area (Å²) in [6, 6.07) is 4.26. The Morgan fingerprint density at radius 3 is 2.87 bits per heavy atom. The van der Waals surface area contributed by atoms with Crippen molar-refractivity contribution in [3.05, 3.63) is 30.1 Å². The van der Waals surface area contributed by atoms with Crippen molar-refractivity contribution in [1.82, 2.24) is 14.8 Å². The summed E-state index contributed by atoms with van der Waals surface area (Å²) in [6.07, 6.45) is 6.76. The molecule has 1 saturated heterocycles. The van der Waals surface area contributed by atoms with Crippen molar-refractivity contribution in [2.75, 3.05) is 20.1 Å². The zero-order chi connectivity index (χ0) is 16.9. The van der Waals surface area contributed by atoms with E-state index in [1.54, 1.807) is 6.20 Å². The van der Waals surface area contributed by atoms with E-state index in [0.29, 0.717) is 0 Å². The molecule has 5 heteroatoms. The van der Waals surface area contributed by atoms with Gasteiger partial charge in [0, 0.05) is 38.1 Å². The van der Waals surface area contributed by atoms with Crippen LogP contribution in [0.5, 0.6) is 0 Å². The summed E-state index contributed by atoms with van der Waals surface area (Å²) in [6.45, 7) is 8.23. The largest absolute Gasteiger partial charge is 0.444 e. The Kier molecular flexibility index (Phi) is 5.99. The number of ether oxygens (including phenoxy) is 1. The van der Waals surface area contributed by atoms with E-state index in [1.165, 1.54) is 12.0 Å².